The Hall–Kier alpha value is -1.46. The van der Waals surface area contributed by atoms with Crippen LogP contribution in [0, 0.1) is 10.1 Å². The number of nitrogens with one attached hydrogen (secondary N) is 1. The molecule has 5 nitrogen and oxygen atoms in total. The summed E-state index contributed by atoms with van der Waals surface area (Å²) in [4.78, 5) is 10.2. The molecule has 1 saturated heterocycles. The number of hydrogen-bond donors (Lipinski definition) is 2. The first-order chi connectivity index (χ1) is 7.59. The van der Waals surface area contributed by atoms with Gasteiger partial charge in [-0.1, -0.05) is 12.1 Å². The molecule has 5 heteroatoms. The summed E-state index contributed by atoms with van der Waals surface area (Å²) in [5.41, 5.74) is 0.127. The van der Waals surface area contributed by atoms with Crippen molar-refractivity contribution in [3.63, 3.8) is 0 Å². The molecule has 1 fully saturated rings. The van der Waals surface area contributed by atoms with E-state index < -0.39 is 10.5 Å². The van der Waals surface area contributed by atoms with Gasteiger partial charge in [0.15, 0.2) is 0 Å². The summed E-state index contributed by atoms with van der Waals surface area (Å²) < 4.78 is 0. The Labute approximate surface area is 93.2 Å². The molecule has 0 saturated carbocycles. The van der Waals surface area contributed by atoms with Crippen LogP contribution in [0.5, 0.6) is 0 Å². The van der Waals surface area contributed by atoms with E-state index in [9.17, 15) is 15.2 Å². The van der Waals surface area contributed by atoms with Crippen LogP contribution in [0.3, 0.4) is 0 Å². The maximum Gasteiger partial charge on any atom is 0.269 e. The average Bonchev–Trinajstić information content (AvgIpc) is 2.65. The highest BCUT2D eigenvalue weighted by Crippen LogP contribution is 2.22. The molecule has 1 aromatic rings. The molecule has 1 aliphatic rings. The first-order valence-corrected chi connectivity index (χ1v) is 5.26. The van der Waals surface area contributed by atoms with Crippen LogP contribution in [0.2, 0.25) is 0 Å². The zero-order valence-corrected chi connectivity index (χ0v) is 8.85. The van der Waals surface area contributed by atoms with E-state index in [1.807, 2.05) is 6.07 Å². The van der Waals surface area contributed by atoms with Gasteiger partial charge >= 0.3 is 0 Å². The lowest BCUT2D eigenvalue weighted by Crippen LogP contribution is -2.33. The first kappa shape index (κ1) is 11.0. The van der Waals surface area contributed by atoms with Crippen molar-refractivity contribution in [3.05, 3.63) is 39.9 Å². The summed E-state index contributed by atoms with van der Waals surface area (Å²) in [5, 5.41) is 23.8. The van der Waals surface area contributed by atoms with Crippen molar-refractivity contribution >= 4 is 5.69 Å². The van der Waals surface area contributed by atoms with Crippen LogP contribution in [0.1, 0.15) is 12.0 Å². The number of hydrogen-bond acceptors (Lipinski definition) is 4. The van der Waals surface area contributed by atoms with Gasteiger partial charge in [0.25, 0.3) is 5.69 Å². The first-order valence-electron chi connectivity index (χ1n) is 5.26. The molecule has 0 spiro atoms. The Morgan fingerprint density at radius 3 is 3.00 bits per heavy atom. The Kier molecular flexibility index (Phi) is 2.89. The molecule has 1 aromatic carbocycles. The van der Waals surface area contributed by atoms with Crippen LogP contribution in [0.4, 0.5) is 5.69 Å². The van der Waals surface area contributed by atoms with E-state index in [1.54, 1.807) is 6.07 Å². The van der Waals surface area contributed by atoms with Crippen LogP contribution < -0.4 is 5.32 Å². The van der Waals surface area contributed by atoms with E-state index >= 15 is 0 Å². The van der Waals surface area contributed by atoms with Crippen LogP contribution in [-0.2, 0) is 6.42 Å². The summed E-state index contributed by atoms with van der Waals surface area (Å²) in [6.07, 6.45) is 1.15. The van der Waals surface area contributed by atoms with Gasteiger partial charge in [0.05, 0.1) is 10.5 Å². The van der Waals surface area contributed by atoms with E-state index in [0.717, 1.165) is 12.1 Å². The quantitative estimate of drug-likeness (QED) is 0.587. The van der Waals surface area contributed by atoms with Crippen LogP contribution in [-0.4, -0.2) is 28.7 Å². The molecule has 2 rings (SSSR count). The number of nitro groups is 1. The van der Waals surface area contributed by atoms with Crippen molar-refractivity contribution in [2.75, 3.05) is 13.1 Å². The van der Waals surface area contributed by atoms with Crippen LogP contribution in [0.25, 0.3) is 0 Å². The van der Waals surface area contributed by atoms with Crippen LogP contribution in [0.15, 0.2) is 24.3 Å². The Morgan fingerprint density at radius 1 is 1.56 bits per heavy atom. The fourth-order valence-electron chi connectivity index (χ4n) is 2.04. The SMILES string of the molecule is O=[N+]([O-])c1cccc(CC2(O)CCNC2)c1. The van der Waals surface area contributed by atoms with Crippen LogP contribution >= 0.6 is 0 Å². The molecule has 0 aromatic heterocycles. The lowest BCUT2D eigenvalue weighted by atomic mass is 9.93. The van der Waals surface area contributed by atoms with Gasteiger partial charge < -0.3 is 10.4 Å². The van der Waals surface area contributed by atoms with Gasteiger partial charge in [-0.3, -0.25) is 10.1 Å². The molecular weight excluding hydrogens is 208 g/mol. The smallest absolute Gasteiger partial charge is 0.269 e. The van der Waals surface area contributed by atoms with Crippen molar-refractivity contribution in [3.8, 4) is 0 Å². The number of nitrogens with zero attached hydrogens (tertiary/aromatic N) is 1. The molecule has 0 amide bonds. The second-order valence-electron chi connectivity index (χ2n) is 4.25. The monoisotopic (exact) mass is 222 g/mol. The van der Waals surface area contributed by atoms with Gasteiger partial charge in [-0.05, 0) is 18.5 Å². The van der Waals surface area contributed by atoms with Gasteiger partial charge in [-0.2, -0.15) is 0 Å². The summed E-state index contributed by atoms with van der Waals surface area (Å²) in [7, 11) is 0. The number of rotatable bonds is 3. The third-order valence-electron chi connectivity index (χ3n) is 2.88. The van der Waals surface area contributed by atoms with Gasteiger partial charge in [-0.25, -0.2) is 0 Å². The Bertz CT molecular complexity index is 400. The second-order valence-corrected chi connectivity index (χ2v) is 4.25. The zero-order chi connectivity index (χ0) is 11.6. The molecule has 1 aliphatic heterocycles. The van der Waals surface area contributed by atoms with Gasteiger partial charge in [0.2, 0.25) is 0 Å². The molecule has 86 valence electrons. The van der Waals surface area contributed by atoms with Gasteiger partial charge in [0, 0.05) is 25.1 Å². The lowest BCUT2D eigenvalue weighted by molar-refractivity contribution is -0.384. The summed E-state index contributed by atoms with van der Waals surface area (Å²) in [6, 6.07) is 6.44. The number of β-amino-alcohol motifs (C(OH)–C–C–N with tert-alkyl or cyclic N) is 1. The molecule has 0 radical (unpaired) electrons. The predicted octanol–water partition coefficient (Wildman–Crippen LogP) is 0.862. The Balaban J connectivity index is 2.15. The molecule has 16 heavy (non-hydrogen) atoms. The average molecular weight is 222 g/mol. The van der Waals surface area contributed by atoms with Crippen molar-refractivity contribution in [2.24, 2.45) is 0 Å². The molecule has 0 aliphatic carbocycles. The lowest BCUT2D eigenvalue weighted by Gasteiger charge is -2.20. The molecule has 0 bridgehead atoms. The van der Waals surface area contributed by atoms with E-state index in [0.29, 0.717) is 19.4 Å². The maximum atomic E-state index is 10.6. The van der Waals surface area contributed by atoms with Crippen molar-refractivity contribution in [1.82, 2.24) is 5.32 Å². The molecule has 1 atom stereocenters. The topological polar surface area (TPSA) is 75.4 Å². The fraction of sp³-hybridized carbons (Fsp3) is 0.455. The molecule has 1 heterocycles. The van der Waals surface area contributed by atoms with E-state index in [4.69, 9.17) is 0 Å². The largest absolute Gasteiger partial charge is 0.388 e. The molecule has 2 N–H and O–H groups in total. The number of nitro benzene ring substituents is 1. The van der Waals surface area contributed by atoms with E-state index in [1.165, 1.54) is 12.1 Å². The third kappa shape index (κ3) is 2.37. The van der Waals surface area contributed by atoms with Gasteiger partial charge in [0.1, 0.15) is 0 Å². The summed E-state index contributed by atoms with van der Waals surface area (Å²) in [5.74, 6) is 0. The highest BCUT2D eigenvalue weighted by atomic mass is 16.6. The van der Waals surface area contributed by atoms with E-state index in [2.05, 4.69) is 5.32 Å². The Morgan fingerprint density at radius 2 is 2.38 bits per heavy atom. The number of benzene rings is 1. The molecule has 1 unspecified atom stereocenters. The second kappa shape index (κ2) is 4.19. The summed E-state index contributed by atoms with van der Waals surface area (Å²) in [6.45, 7) is 1.35. The van der Waals surface area contributed by atoms with Crippen molar-refractivity contribution in [1.29, 1.82) is 0 Å². The van der Waals surface area contributed by atoms with Gasteiger partial charge in [-0.15, -0.1) is 0 Å². The minimum atomic E-state index is -0.755. The van der Waals surface area contributed by atoms with E-state index in [-0.39, 0.29) is 5.69 Å². The minimum Gasteiger partial charge on any atom is -0.388 e. The zero-order valence-electron chi connectivity index (χ0n) is 8.85. The highest BCUT2D eigenvalue weighted by Gasteiger charge is 2.31. The number of aliphatic hydroxyl groups is 1. The minimum absolute atomic E-state index is 0.0760. The number of non-ortho nitro benzene ring substituents is 1. The molecular formula is C11H14N2O3. The predicted molar refractivity (Wildman–Crippen MR) is 59.2 cm³/mol. The van der Waals surface area contributed by atoms with Crippen molar-refractivity contribution in [2.45, 2.75) is 18.4 Å². The maximum absolute atomic E-state index is 10.6. The normalized spacial score (nSPS) is 24.6. The summed E-state index contributed by atoms with van der Waals surface area (Å²) >= 11 is 0. The van der Waals surface area contributed by atoms with Crippen molar-refractivity contribution < 1.29 is 10.0 Å². The fourth-order valence-corrected chi connectivity index (χ4v) is 2.04. The highest BCUT2D eigenvalue weighted by molar-refractivity contribution is 5.35. The standard InChI is InChI=1S/C11H14N2O3/c14-11(4-5-12-8-11)7-9-2-1-3-10(6-9)13(15)16/h1-3,6,12,14H,4-5,7-8H2. The third-order valence-corrected chi connectivity index (χ3v) is 2.88.